The molecule has 0 radical (unpaired) electrons. The van der Waals surface area contributed by atoms with Gasteiger partial charge in [0.05, 0.1) is 23.6 Å². The van der Waals surface area contributed by atoms with Crippen LogP contribution in [-0.4, -0.2) is 74.4 Å². The van der Waals surface area contributed by atoms with Crippen LogP contribution in [0, 0.1) is 0 Å². The maximum absolute atomic E-state index is 16.2. The molecule has 2 aliphatic heterocycles. The maximum atomic E-state index is 16.2. The van der Waals surface area contributed by atoms with E-state index in [1.165, 1.54) is 24.3 Å². The number of hydrogen-bond donors (Lipinski definition) is 2. The number of H-pyrrole nitrogens is 1. The van der Waals surface area contributed by atoms with E-state index in [-0.39, 0.29) is 41.9 Å². The van der Waals surface area contributed by atoms with E-state index in [2.05, 4.69) is 10.3 Å². The molecular formula is C39H42F3N5O5. The van der Waals surface area contributed by atoms with Gasteiger partial charge < -0.3 is 19.8 Å². The average molecular weight is 718 g/mol. The molecule has 2 fully saturated rings. The van der Waals surface area contributed by atoms with Gasteiger partial charge >= 0.3 is 12.2 Å². The third-order valence-corrected chi connectivity index (χ3v) is 9.48. The van der Waals surface area contributed by atoms with Crippen LogP contribution >= 0.6 is 0 Å². The summed E-state index contributed by atoms with van der Waals surface area (Å²) >= 11 is 0. The van der Waals surface area contributed by atoms with E-state index in [9.17, 15) is 18.8 Å². The number of ether oxygens (including phenoxy) is 2. The van der Waals surface area contributed by atoms with Gasteiger partial charge in [-0.2, -0.15) is 8.78 Å². The third-order valence-electron chi connectivity index (χ3n) is 9.48. The maximum Gasteiger partial charge on any atom is 0.411 e. The Hall–Kier alpha value is -5.07. The van der Waals surface area contributed by atoms with Gasteiger partial charge in [0, 0.05) is 29.8 Å². The second kappa shape index (κ2) is 12.6. The molecule has 0 bridgehead atoms. The first-order chi connectivity index (χ1) is 24.4. The Morgan fingerprint density at radius 2 is 1.48 bits per heavy atom. The zero-order valence-corrected chi connectivity index (χ0v) is 30.0. The number of fused-ring (bicyclic) bond motifs is 4. The van der Waals surface area contributed by atoms with Crippen LogP contribution in [0.4, 0.5) is 28.4 Å². The molecule has 2 saturated heterocycles. The lowest BCUT2D eigenvalue weighted by Crippen LogP contribution is -2.45. The fourth-order valence-corrected chi connectivity index (χ4v) is 7.22. The molecule has 3 aliphatic rings. The van der Waals surface area contributed by atoms with Crippen LogP contribution in [0.25, 0.3) is 33.3 Å². The number of nitrogens with zero attached hydrogens (tertiary/aromatic N) is 3. The molecule has 4 aromatic rings. The summed E-state index contributed by atoms with van der Waals surface area (Å²) in [7, 11) is 0. The van der Waals surface area contributed by atoms with E-state index in [0.29, 0.717) is 45.7 Å². The van der Waals surface area contributed by atoms with Crippen LogP contribution in [0.3, 0.4) is 0 Å². The van der Waals surface area contributed by atoms with Gasteiger partial charge in [0.15, 0.2) is 0 Å². The molecular weight excluding hydrogens is 675 g/mol. The summed E-state index contributed by atoms with van der Waals surface area (Å²) in [5.41, 5.74) is 1.62. The number of benzene rings is 3. The number of nitrogens with one attached hydrogen (secondary N) is 2. The number of likely N-dealkylation sites (tertiary alicyclic amines) is 2. The smallest absolute Gasteiger partial charge is 0.411 e. The molecule has 3 atom stereocenters. The SMILES string of the molecule is CC(C)(C)OC(=O)N1C[C@@H](F)C[C@H]1C(=O)Nc1ccc2c(c1)C(F)(F)c1cc(-c3ccc4nc([C@@H]5CCCN5C(=O)OC(C)(C)C)[nH]c4c3)ccc1-2. The molecule has 3 aromatic carbocycles. The molecule has 52 heavy (non-hydrogen) atoms. The van der Waals surface area contributed by atoms with Gasteiger partial charge in [-0.1, -0.05) is 24.3 Å². The zero-order chi connectivity index (χ0) is 37.3. The Bertz CT molecular complexity index is 2080. The van der Waals surface area contributed by atoms with Crippen molar-refractivity contribution in [2.45, 2.75) is 96.2 Å². The highest BCUT2D eigenvalue weighted by molar-refractivity contribution is 5.98. The molecule has 3 heterocycles. The summed E-state index contributed by atoms with van der Waals surface area (Å²) in [5.74, 6) is -3.42. The van der Waals surface area contributed by atoms with Gasteiger partial charge in [-0.3, -0.25) is 14.6 Å². The number of rotatable bonds is 4. The molecule has 7 rings (SSSR count). The summed E-state index contributed by atoms with van der Waals surface area (Å²) in [6.07, 6.45) is -1.30. The number of carbonyl (C=O) groups is 3. The number of imidazole rings is 1. The summed E-state index contributed by atoms with van der Waals surface area (Å²) < 4.78 is 57.7. The molecule has 10 nitrogen and oxygen atoms in total. The van der Waals surface area contributed by atoms with Gasteiger partial charge in [0.1, 0.15) is 29.2 Å². The number of alkyl halides is 3. The molecule has 274 valence electrons. The molecule has 0 saturated carbocycles. The molecule has 13 heteroatoms. The molecule has 3 amide bonds. The lowest BCUT2D eigenvalue weighted by molar-refractivity contribution is -0.120. The Morgan fingerprint density at radius 1 is 0.865 bits per heavy atom. The summed E-state index contributed by atoms with van der Waals surface area (Å²) in [6, 6.07) is 13.3. The first-order valence-corrected chi connectivity index (χ1v) is 17.5. The number of hydrogen-bond acceptors (Lipinski definition) is 6. The van der Waals surface area contributed by atoms with Gasteiger partial charge in [-0.25, -0.2) is 19.0 Å². The van der Waals surface area contributed by atoms with Gasteiger partial charge in [0.25, 0.3) is 5.92 Å². The first-order valence-electron chi connectivity index (χ1n) is 17.5. The van der Waals surface area contributed by atoms with E-state index < -0.39 is 41.3 Å². The van der Waals surface area contributed by atoms with E-state index in [4.69, 9.17) is 14.5 Å². The van der Waals surface area contributed by atoms with Crippen molar-refractivity contribution in [1.82, 2.24) is 19.8 Å². The standard InChI is InChI=1S/C39H42F3N5O5/c1-37(2,3)51-35(49)46-15-7-8-31(46)33-44-29-14-10-22(17-30(29)45-33)21-9-12-25-26-13-11-24(19-28(26)39(41,42)27(25)16-21)43-34(48)32-18-23(40)20-47(32)36(50)52-38(4,5)6/h9-14,16-17,19,23,31-32H,7-8,15,18,20H2,1-6H3,(H,43,48)(H,44,45)/t23-,31-,32-/m0/s1. The van der Waals surface area contributed by atoms with E-state index in [0.717, 1.165) is 17.7 Å². The molecule has 2 N–H and O–H groups in total. The van der Waals surface area contributed by atoms with Crippen LogP contribution in [0.5, 0.6) is 0 Å². The highest BCUT2D eigenvalue weighted by Crippen LogP contribution is 2.52. The predicted octanol–water partition coefficient (Wildman–Crippen LogP) is 8.71. The van der Waals surface area contributed by atoms with Crippen LogP contribution in [0.2, 0.25) is 0 Å². The second-order valence-corrected chi connectivity index (χ2v) is 15.8. The minimum atomic E-state index is -3.37. The van der Waals surface area contributed by atoms with Gasteiger partial charge in [-0.05, 0) is 107 Å². The second-order valence-electron chi connectivity index (χ2n) is 15.8. The first kappa shape index (κ1) is 35.3. The van der Waals surface area contributed by atoms with E-state index >= 15 is 8.78 Å². The highest BCUT2D eigenvalue weighted by atomic mass is 19.3. The summed E-state index contributed by atoms with van der Waals surface area (Å²) in [6.45, 7) is 10.8. The van der Waals surface area contributed by atoms with Crippen molar-refractivity contribution >= 4 is 34.8 Å². The number of aromatic nitrogens is 2. The highest BCUT2D eigenvalue weighted by Gasteiger charge is 2.46. The monoisotopic (exact) mass is 717 g/mol. The number of aromatic amines is 1. The average Bonchev–Trinajstić information content (AvgIpc) is 3.83. The molecule has 1 aliphatic carbocycles. The zero-order valence-electron chi connectivity index (χ0n) is 30.0. The van der Waals surface area contributed by atoms with Crippen molar-refractivity contribution in [3.05, 3.63) is 71.5 Å². The van der Waals surface area contributed by atoms with Crippen molar-refractivity contribution in [1.29, 1.82) is 0 Å². The summed E-state index contributed by atoms with van der Waals surface area (Å²) in [5, 5.41) is 2.61. The van der Waals surface area contributed by atoms with Crippen LogP contribution in [0.15, 0.2) is 54.6 Å². The largest absolute Gasteiger partial charge is 0.444 e. The number of amides is 3. The minimum absolute atomic E-state index is 0.107. The normalized spacial score (nSPS) is 20.9. The quantitative estimate of drug-likeness (QED) is 0.218. The van der Waals surface area contributed by atoms with Crippen molar-refractivity contribution < 1.29 is 37.0 Å². The van der Waals surface area contributed by atoms with Gasteiger partial charge in [0.2, 0.25) is 5.91 Å². The topological polar surface area (TPSA) is 117 Å². The fraction of sp³-hybridized carbons (Fsp3) is 0.436. The Morgan fingerprint density at radius 3 is 2.17 bits per heavy atom. The van der Waals surface area contributed by atoms with Crippen LogP contribution in [-0.2, 0) is 20.2 Å². The molecule has 0 unspecified atom stereocenters. The third kappa shape index (κ3) is 6.68. The predicted molar refractivity (Wildman–Crippen MR) is 190 cm³/mol. The van der Waals surface area contributed by atoms with Crippen LogP contribution in [0.1, 0.15) is 83.8 Å². The van der Waals surface area contributed by atoms with Gasteiger partial charge in [-0.15, -0.1) is 0 Å². The number of halogens is 3. The van der Waals surface area contributed by atoms with Crippen molar-refractivity contribution in [2.24, 2.45) is 0 Å². The van der Waals surface area contributed by atoms with Crippen molar-refractivity contribution in [2.75, 3.05) is 18.4 Å². The molecule has 0 spiro atoms. The Kier molecular flexibility index (Phi) is 8.53. The number of carbonyl (C=O) groups excluding carboxylic acids is 3. The van der Waals surface area contributed by atoms with E-state index in [1.807, 2.05) is 39.0 Å². The Balaban J connectivity index is 1.10. The lowest BCUT2D eigenvalue weighted by atomic mass is 9.98. The number of anilines is 1. The van der Waals surface area contributed by atoms with Crippen molar-refractivity contribution in [3.63, 3.8) is 0 Å². The molecule has 1 aromatic heterocycles. The summed E-state index contributed by atoms with van der Waals surface area (Å²) in [4.78, 5) is 49.6. The van der Waals surface area contributed by atoms with Crippen LogP contribution < -0.4 is 5.32 Å². The van der Waals surface area contributed by atoms with Crippen molar-refractivity contribution in [3.8, 4) is 22.3 Å². The fourth-order valence-electron chi connectivity index (χ4n) is 7.22. The lowest BCUT2D eigenvalue weighted by Gasteiger charge is -2.27. The Labute approximate surface area is 299 Å². The van der Waals surface area contributed by atoms with E-state index in [1.54, 1.807) is 37.8 Å². The minimum Gasteiger partial charge on any atom is -0.444 e.